The number of fused-ring (bicyclic) bond motifs is 2. The Hall–Kier alpha value is -4.99. The van der Waals surface area contributed by atoms with Gasteiger partial charge in [-0.2, -0.15) is 16.5 Å². The third-order valence-electron chi connectivity index (χ3n) is 14.9. The topological polar surface area (TPSA) is 270 Å². The summed E-state index contributed by atoms with van der Waals surface area (Å²) >= 11 is 4.25. The van der Waals surface area contributed by atoms with E-state index >= 15 is 0 Å². The average molecular weight is 1550 g/mol. The molecule has 4 heterocycles. The number of esters is 2. The van der Waals surface area contributed by atoms with Crippen molar-refractivity contribution in [2.24, 2.45) is 11.3 Å². The Bertz CT molecular complexity index is 2930. The molecule has 2 unspecified atom stereocenters. The standard InChI is InChI=1S/C24H40O5Si.C18H22O6.C14H28O2Si2.C10H16O3.C5H10O.C3H3.CO2.BrH.Zn/c1-17-13-16-22(25)26-18(2)11-10-12-20-21(28-24(6,7)27-20)15-14-19(17)29-30(8,9)23(3,4)5;1-11-5-4-8-15(21)14(20)7-3-2-6-12-9-13(19)10-16(22)17(12)18(23)24-11;1-14(2)10-12(15-17(3,4)5)9-13(11-14)16-18(6,7)8;1-4-8-9(6-5-7-11)13-10(2,3)12-8;1-3-4-5(2)6;1-3-2;2-1-3;;/h10,12,17-21H,11,14-15H2,1-9H3;2,4,6,8-11,14-15,19-22H,3,5,7H2,1H3;9-10H,11H2,1-8H3;4,7-9H,1,5-6H2,2-3H3;3,5-6H,1,4H2,2H3;1H,2H2;;1H;/q;;;;;-1;;;+2/p-1/b12-10+;6-2+,8-4+;;;;;;;/t17?,18-,19?,20+,21-;11-,14-,15+;;8-,9+;5-;;;;/m00.11..../s1. The van der Waals surface area contributed by atoms with Crippen LogP contribution in [0.3, 0.4) is 0 Å². The molecule has 2 saturated heterocycles. The van der Waals surface area contributed by atoms with Crippen LogP contribution in [-0.4, -0.2) is 147 Å². The third-order valence-corrected chi connectivity index (χ3v) is 21.1. The SMILES string of the molecule is C#C[CH2-].C=CC[C@@H](C)O.C=C[C@H]1OC(C)(C)O[C@H]1CCC=O.CC1(C)C=C(O[Si](C)(C)C)C=C(O[Si](C)(C)C)C1.CC1C#CC(=O)O[C@@H](C)C/C=C/[C@H]2OC(C)(C)O[C@H]2CCC1O[Si](C)(C)C(C)(C)C.C[C@H]1C/C=C/[C@@H](O)[C@@H](O)CC/C=C/c2cc(O)cc(O)c2C(=O)O1.O=C=O.[Zn+][Br]. The average Bonchev–Trinajstić information content (AvgIpc) is 1.48. The molecule has 1 aliphatic carbocycles. The zero-order chi connectivity index (χ0) is 76.9. The number of carbonyl (C=O) groups excluding carboxylic acids is 5. The van der Waals surface area contributed by atoms with E-state index in [9.17, 15) is 34.8 Å². The van der Waals surface area contributed by atoms with Gasteiger partial charge in [0, 0.05) is 49.7 Å². The summed E-state index contributed by atoms with van der Waals surface area (Å²) in [6.07, 6.45) is 26.9. The van der Waals surface area contributed by atoms with Gasteiger partial charge in [-0.05, 0) is 174 Å². The van der Waals surface area contributed by atoms with Gasteiger partial charge in [0.2, 0.25) is 16.6 Å². The molecule has 1 aromatic carbocycles. The van der Waals surface area contributed by atoms with Crippen LogP contribution in [0.25, 0.3) is 6.08 Å². The number of benzene rings is 1. The number of ether oxygens (including phenoxy) is 6. The number of phenols is 2. The summed E-state index contributed by atoms with van der Waals surface area (Å²) in [4.78, 5) is 50.9. The van der Waals surface area contributed by atoms with Crippen molar-refractivity contribution in [1.29, 1.82) is 0 Å². The van der Waals surface area contributed by atoms with E-state index in [-0.39, 0.29) is 82.3 Å². The summed E-state index contributed by atoms with van der Waals surface area (Å²) in [6.45, 7) is 54.0. The number of aliphatic hydroxyl groups excluding tert-OH is 3. The normalized spacial score (nSPS) is 26.0. The summed E-state index contributed by atoms with van der Waals surface area (Å²) in [7, 11) is -5.09. The Balaban J connectivity index is 0. The van der Waals surface area contributed by atoms with E-state index in [1.165, 1.54) is 28.5 Å². The van der Waals surface area contributed by atoms with Gasteiger partial charge in [0.1, 0.15) is 53.5 Å². The zero-order valence-corrected chi connectivity index (χ0v) is 70.7. The molecule has 5 N–H and O–H groups in total. The molecule has 0 radical (unpaired) electrons. The van der Waals surface area contributed by atoms with Crippen molar-refractivity contribution in [3.8, 4) is 35.7 Å². The fourth-order valence-electron chi connectivity index (χ4n) is 9.70. The van der Waals surface area contributed by atoms with Gasteiger partial charge in [0.25, 0.3) is 0 Å². The molecule has 19 nitrogen and oxygen atoms in total. The fourth-order valence-corrected chi connectivity index (χ4v) is 12.9. The molecule has 99 heavy (non-hydrogen) atoms. The molecule has 554 valence electrons. The van der Waals surface area contributed by atoms with Crippen LogP contribution in [0.1, 0.15) is 170 Å². The molecule has 0 spiro atoms. The molecule has 6 rings (SSSR count). The van der Waals surface area contributed by atoms with E-state index in [2.05, 4.69) is 151 Å². The van der Waals surface area contributed by atoms with Crippen molar-refractivity contribution in [2.75, 3.05) is 0 Å². The Morgan fingerprint density at radius 1 is 0.848 bits per heavy atom. The van der Waals surface area contributed by atoms with E-state index in [1.807, 2.05) is 59.6 Å². The number of aldehydes is 1. The van der Waals surface area contributed by atoms with Crippen LogP contribution < -0.4 is 0 Å². The summed E-state index contributed by atoms with van der Waals surface area (Å²) < 4.78 is 53.2. The number of halogens is 1. The minimum absolute atomic E-state index is 0.0162. The molecule has 0 amide bonds. The van der Waals surface area contributed by atoms with Gasteiger partial charge in [0.15, 0.2) is 19.9 Å². The fraction of sp³-hybridized carbons (Fsp3) is 0.613. The molecule has 1 aromatic rings. The first-order chi connectivity index (χ1) is 45.6. The first-order valence-electron chi connectivity index (χ1n) is 33.5. The van der Waals surface area contributed by atoms with Gasteiger partial charge in [0.05, 0.1) is 42.4 Å². The maximum absolute atomic E-state index is 12.3. The Kier molecular flexibility index (Phi) is 45.2. The van der Waals surface area contributed by atoms with Crippen molar-refractivity contribution in [3.63, 3.8) is 0 Å². The van der Waals surface area contributed by atoms with Gasteiger partial charge in [-0.1, -0.05) is 89.1 Å². The number of phenolic OH excluding ortho intramolecular Hbond substituents is 2. The Morgan fingerprint density at radius 3 is 1.92 bits per heavy atom. The predicted molar refractivity (Wildman–Crippen MR) is 397 cm³/mol. The van der Waals surface area contributed by atoms with Gasteiger partial charge < -0.3 is 84.4 Å². The summed E-state index contributed by atoms with van der Waals surface area (Å²) in [6, 6.07) is 2.44. The van der Waals surface area contributed by atoms with E-state index in [0.717, 1.165) is 43.1 Å². The number of hydrogen-bond acceptors (Lipinski definition) is 19. The number of aliphatic hydroxyl groups is 3. The van der Waals surface area contributed by atoms with E-state index < -0.39 is 66.8 Å². The minimum atomic E-state index is -2.00. The van der Waals surface area contributed by atoms with E-state index in [4.69, 9.17) is 56.4 Å². The zero-order valence-electron chi connectivity index (χ0n) is 63.2. The van der Waals surface area contributed by atoms with Crippen LogP contribution in [-0.2, 0) is 77.2 Å². The predicted octanol–water partition coefficient (Wildman–Crippen LogP) is 15.5. The van der Waals surface area contributed by atoms with Crippen LogP contribution in [0.2, 0.25) is 57.4 Å². The first kappa shape index (κ1) is 96.1. The Morgan fingerprint density at radius 2 is 1.40 bits per heavy atom. The number of allylic oxidation sites excluding steroid dienone is 4. The van der Waals surface area contributed by atoms with E-state index in [0.29, 0.717) is 50.5 Å². The molecule has 2 fully saturated rings. The molecule has 24 heteroatoms. The number of terminal acetylenes is 1. The van der Waals surface area contributed by atoms with Crippen LogP contribution in [0.15, 0.2) is 91.5 Å². The maximum atomic E-state index is 12.3. The van der Waals surface area contributed by atoms with Crippen LogP contribution >= 0.6 is 13.6 Å². The van der Waals surface area contributed by atoms with Crippen LogP contribution in [0.4, 0.5) is 0 Å². The van der Waals surface area contributed by atoms with Gasteiger partial charge >= 0.3 is 48.1 Å². The second kappa shape index (κ2) is 46.6. The van der Waals surface area contributed by atoms with E-state index in [1.54, 1.807) is 44.2 Å². The molecule has 0 aromatic heterocycles. The third kappa shape index (κ3) is 42.3. The number of carbonyl (C=O) groups is 3. The molecule has 0 bridgehead atoms. The summed E-state index contributed by atoms with van der Waals surface area (Å²) in [5, 5.41) is 47.9. The van der Waals surface area contributed by atoms with Crippen molar-refractivity contribution in [2.45, 2.75) is 284 Å². The first-order valence-corrected chi connectivity index (χ1v) is 50.2. The molecule has 11 atom stereocenters. The number of cyclic esters (lactones) is 2. The van der Waals surface area contributed by atoms with Crippen molar-refractivity contribution in [3.05, 3.63) is 110 Å². The van der Waals surface area contributed by atoms with Crippen LogP contribution in [0, 0.1) is 42.4 Å². The van der Waals surface area contributed by atoms with Crippen molar-refractivity contribution < 1.29 is 108 Å². The summed E-state index contributed by atoms with van der Waals surface area (Å²) in [5.74, 6) is 6.90. The van der Waals surface area contributed by atoms with Crippen molar-refractivity contribution in [1.82, 2.24) is 0 Å². The van der Waals surface area contributed by atoms with Gasteiger partial charge in [-0.3, -0.25) is 0 Å². The molecular formula is C75H119BrO19Si3Zn. The van der Waals surface area contributed by atoms with Gasteiger partial charge in [-0.25, -0.2) is 9.59 Å². The Labute approximate surface area is 613 Å². The number of rotatable bonds is 12. The molecule has 4 aliphatic heterocycles. The second-order valence-corrected chi connectivity index (χ2v) is 43.1. The van der Waals surface area contributed by atoms with Crippen LogP contribution in [0.5, 0.6) is 11.5 Å². The van der Waals surface area contributed by atoms with Crippen molar-refractivity contribution >= 4 is 69.0 Å². The van der Waals surface area contributed by atoms with Gasteiger partial charge in [-0.15, -0.1) is 13.2 Å². The molecular weight excluding hydrogens is 1430 g/mol. The monoisotopic (exact) mass is 1550 g/mol. The summed E-state index contributed by atoms with van der Waals surface area (Å²) in [5.41, 5.74) is 0.434. The molecule has 0 saturated carbocycles. The molecule has 5 aliphatic rings. The number of hydrogen-bond donors (Lipinski definition) is 5. The number of aromatic hydroxyl groups is 2. The quantitative estimate of drug-likeness (QED) is 0.0247. The second-order valence-electron chi connectivity index (χ2n) is 29.4.